The van der Waals surface area contributed by atoms with Crippen molar-refractivity contribution in [2.45, 2.75) is 5.92 Å². The van der Waals surface area contributed by atoms with Crippen LogP contribution in [-0.2, 0) is 4.79 Å². The molecule has 1 aliphatic rings. The average Bonchev–Trinajstić information content (AvgIpc) is 2.52. The van der Waals surface area contributed by atoms with E-state index in [4.69, 9.17) is 4.74 Å². The number of fused-ring (bicyclic) bond motifs is 4. The molecule has 102 valence electrons. The van der Waals surface area contributed by atoms with E-state index >= 15 is 0 Å². The third-order valence-electron chi connectivity index (χ3n) is 3.91. The highest BCUT2D eigenvalue weighted by atomic mass is 16.5. The number of hydrogen-bond donors (Lipinski definition) is 1. The van der Waals surface area contributed by atoms with Gasteiger partial charge in [0.2, 0.25) is 0 Å². The highest BCUT2D eigenvalue weighted by Gasteiger charge is 2.33. The lowest BCUT2D eigenvalue weighted by Gasteiger charge is -2.26. The van der Waals surface area contributed by atoms with Crippen LogP contribution in [0.25, 0.3) is 10.8 Å². The van der Waals surface area contributed by atoms with Crippen molar-refractivity contribution in [1.29, 1.82) is 0 Å². The van der Waals surface area contributed by atoms with Gasteiger partial charge in [0.05, 0.1) is 0 Å². The topological polar surface area (TPSA) is 46.5 Å². The number of hydrogen-bond acceptors (Lipinski definition) is 2. The van der Waals surface area contributed by atoms with Gasteiger partial charge in [-0.2, -0.15) is 0 Å². The highest BCUT2D eigenvalue weighted by molar-refractivity contribution is 5.94. The van der Waals surface area contributed by atoms with Gasteiger partial charge in [0, 0.05) is 16.5 Å². The number of aliphatic carboxylic acids is 1. The predicted molar refractivity (Wildman–Crippen MR) is 79.9 cm³/mol. The first-order valence-corrected chi connectivity index (χ1v) is 6.77. The van der Waals surface area contributed by atoms with E-state index < -0.39 is 11.9 Å². The number of benzene rings is 3. The lowest BCUT2D eigenvalue weighted by Crippen LogP contribution is -2.18. The van der Waals surface area contributed by atoms with Gasteiger partial charge in [-0.1, -0.05) is 54.6 Å². The molecule has 1 unspecified atom stereocenters. The Bertz CT molecular complexity index is 867. The maximum Gasteiger partial charge on any atom is 0.315 e. The van der Waals surface area contributed by atoms with E-state index in [1.54, 1.807) is 0 Å². The number of carboxylic acid groups (broad SMARTS) is 1. The summed E-state index contributed by atoms with van der Waals surface area (Å²) in [6, 6.07) is 19.0. The van der Waals surface area contributed by atoms with Crippen molar-refractivity contribution in [2.75, 3.05) is 0 Å². The molecule has 0 bridgehead atoms. The minimum atomic E-state index is -0.859. The Labute approximate surface area is 121 Å². The second kappa shape index (κ2) is 4.35. The normalized spacial score (nSPS) is 15.9. The lowest BCUT2D eigenvalue weighted by atomic mass is 9.86. The molecule has 0 spiro atoms. The van der Waals surface area contributed by atoms with Gasteiger partial charge in [0.25, 0.3) is 0 Å². The highest BCUT2D eigenvalue weighted by Crippen LogP contribution is 2.47. The largest absolute Gasteiger partial charge is 0.481 e. The number of carboxylic acids is 1. The maximum atomic E-state index is 11.8. The third-order valence-corrected chi connectivity index (χ3v) is 3.91. The molecule has 0 radical (unpaired) electrons. The third kappa shape index (κ3) is 1.71. The molecule has 4 rings (SSSR count). The summed E-state index contributed by atoms with van der Waals surface area (Å²) in [6.07, 6.45) is 0. The molecule has 1 aliphatic heterocycles. The second-order valence-electron chi connectivity index (χ2n) is 5.12. The summed E-state index contributed by atoms with van der Waals surface area (Å²) < 4.78 is 6.01. The zero-order chi connectivity index (χ0) is 14.4. The van der Waals surface area contributed by atoms with Crippen LogP contribution >= 0.6 is 0 Å². The van der Waals surface area contributed by atoms with Crippen LogP contribution in [-0.4, -0.2) is 11.1 Å². The van der Waals surface area contributed by atoms with Crippen molar-refractivity contribution in [3.8, 4) is 11.5 Å². The first kappa shape index (κ1) is 12.0. The number of carbonyl (C=O) groups is 1. The SMILES string of the molecule is O=C(O)C1c2ccccc2Oc2c1ccc1ccccc21. The molecule has 21 heavy (non-hydrogen) atoms. The number of para-hydroxylation sites is 1. The van der Waals surface area contributed by atoms with Crippen LogP contribution in [0, 0.1) is 0 Å². The zero-order valence-corrected chi connectivity index (χ0v) is 11.1. The average molecular weight is 276 g/mol. The van der Waals surface area contributed by atoms with E-state index in [-0.39, 0.29) is 0 Å². The molecular weight excluding hydrogens is 264 g/mol. The van der Waals surface area contributed by atoms with Gasteiger partial charge in [-0.25, -0.2) is 0 Å². The Morgan fingerprint density at radius 2 is 1.67 bits per heavy atom. The van der Waals surface area contributed by atoms with E-state index in [0.717, 1.165) is 10.8 Å². The molecular formula is C18H12O3. The molecule has 1 atom stereocenters. The number of ether oxygens (including phenoxy) is 1. The Hall–Kier alpha value is -2.81. The second-order valence-corrected chi connectivity index (χ2v) is 5.12. The van der Waals surface area contributed by atoms with Gasteiger partial charge in [-0.05, 0) is 11.5 Å². The summed E-state index contributed by atoms with van der Waals surface area (Å²) in [5.41, 5.74) is 1.41. The summed E-state index contributed by atoms with van der Waals surface area (Å²) in [5, 5.41) is 11.6. The lowest BCUT2D eigenvalue weighted by molar-refractivity contribution is -0.137. The maximum absolute atomic E-state index is 11.8. The van der Waals surface area contributed by atoms with Crippen LogP contribution in [0.15, 0.2) is 60.7 Å². The van der Waals surface area contributed by atoms with E-state index in [0.29, 0.717) is 22.6 Å². The van der Waals surface area contributed by atoms with Gasteiger partial charge >= 0.3 is 5.97 Å². The molecule has 0 saturated carbocycles. The molecule has 0 aromatic heterocycles. The molecule has 0 fully saturated rings. The first-order chi connectivity index (χ1) is 10.3. The fraction of sp³-hybridized carbons (Fsp3) is 0.0556. The molecule has 3 nitrogen and oxygen atoms in total. The Morgan fingerprint density at radius 1 is 0.905 bits per heavy atom. The standard InChI is InChI=1S/C18H12O3/c19-18(20)16-13-7-3-4-8-15(13)21-17-12-6-2-1-5-11(12)9-10-14(16)17/h1-10,16H,(H,19,20). The summed E-state index contributed by atoms with van der Waals surface area (Å²) in [5.74, 6) is -0.273. The Kier molecular flexibility index (Phi) is 2.48. The van der Waals surface area contributed by atoms with E-state index in [9.17, 15) is 9.90 Å². The smallest absolute Gasteiger partial charge is 0.315 e. The van der Waals surface area contributed by atoms with Gasteiger partial charge in [0.15, 0.2) is 0 Å². The molecule has 0 amide bonds. The molecule has 3 aromatic carbocycles. The molecule has 0 saturated heterocycles. The van der Waals surface area contributed by atoms with Crippen molar-refractivity contribution < 1.29 is 14.6 Å². The van der Waals surface area contributed by atoms with E-state index in [1.165, 1.54) is 0 Å². The summed E-state index contributed by atoms with van der Waals surface area (Å²) in [6.45, 7) is 0. The fourth-order valence-corrected chi connectivity index (χ4v) is 2.96. The van der Waals surface area contributed by atoms with Crippen LogP contribution in [0.2, 0.25) is 0 Å². The van der Waals surface area contributed by atoms with E-state index in [1.807, 2.05) is 60.7 Å². The minimum Gasteiger partial charge on any atom is -0.481 e. The van der Waals surface area contributed by atoms with Gasteiger partial charge in [-0.15, -0.1) is 0 Å². The van der Waals surface area contributed by atoms with Gasteiger partial charge < -0.3 is 9.84 Å². The van der Waals surface area contributed by atoms with Gasteiger partial charge in [0.1, 0.15) is 17.4 Å². The summed E-state index contributed by atoms with van der Waals surface area (Å²) in [7, 11) is 0. The monoisotopic (exact) mass is 276 g/mol. The Morgan fingerprint density at radius 3 is 2.52 bits per heavy atom. The van der Waals surface area contributed by atoms with Crippen LogP contribution in [0.5, 0.6) is 11.5 Å². The Balaban J connectivity index is 2.05. The molecule has 0 aliphatic carbocycles. The van der Waals surface area contributed by atoms with Crippen molar-refractivity contribution in [3.63, 3.8) is 0 Å². The molecule has 3 aromatic rings. The van der Waals surface area contributed by atoms with E-state index in [2.05, 4.69) is 0 Å². The summed E-state index contributed by atoms with van der Waals surface area (Å²) in [4.78, 5) is 11.8. The van der Waals surface area contributed by atoms with Crippen molar-refractivity contribution >= 4 is 16.7 Å². The van der Waals surface area contributed by atoms with Crippen LogP contribution in [0.4, 0.5) is 0 Å². The molecule has 1 heterocycles. The van der Waals surface area contributed by atoms with Crippen molar-refractivity contribution in [1.82, 2.24) is 0 Å². The molecule has 3 heteroatoms. The first-order valence-electron chi connectivity index (χ1n) is 6.77. The minimum absolute atomic E-state index is 0.619. The fourth-order valence-electron chi connectivity index (χ4n) is 2.96. The van der Waals surface area contributed by atoms with Gasteiger partial charge in [-0.3, -0.25) is 4.79 Å². The van der Waals surface area contributed by atoms with Crippen LogP contribution < -0.4 is 4.74 Å². The quantitative estimate of drug-likeness (QED) is 0.725. The molecule has 1 N–H and O–H groups in total. The van der Waals surface area contributed by atoms with Crippen LogP contribution in [0.3, 0.4) is 0 Å². The summed E-state index contributed by atoms with van der Waals surface area (Å²) >= 11 is 0. The van der Waals surface area contributed by atoms with Crippen molar-refractivity contribution in [2.24, 2.45) is 0 Å². The number of rotatable bonds is 1. The van der Waals surface area contributed by atoms with Crippen LogP contribution in [0.1, 0.15) is 17.0 Å². The predicted octanol–water partition coefficient (Wildman–Crippen LogP) is 4.16. The van der Waals surface area contributed by atoms with Crippen molar-refractivity contribution in [3.05, 3.63) is 71.8 Å². The zero-order valence-electron chi connectivity index (χ0n) is 11.1.